The Bertz CT molecular complexity index is 270. The van der Waals surface area contributed by atoms with Crippen molar-refractivity contribution >= 4 is 24.8 Å². The Labute approximate surface area is 101 Å². The molecule has 1 aromatic heterocycles. The summed E-state index contributed by atoms with van der Waals surface area (Å²) in [4.78, 5) is 4.08. The second-order valence-electron chi connectivity index (χ2n) is 3.60. The van der Waals surface area contributed by atoms with Gasteiger partial charge < -0.3 is 10.8 Å². The summed E-state index contributed by atoms with van der Waals surface area (Å²) in [6.07, 6.45) is 2.88. The van der Waals surface area contributed by atoms with Gasteiger partial charge >= 0.3 is 0 Å². The smallest absolute Gasteiger partial charge is 0.137 e. The van der Waals surface area contributed by atoms with Gasteiger partial charge in [-0.05, 0) is 25.3 Å². The van der Waals surface area contributed by atoms with Gasteiger partial charge in [-0.2, -0.15) is 5.10 Å². The molecule has 88 valence electrons. The third kappa shape index (κ3) is 3.04. The average molecular weight is 255 g/mol. The SMILES string of the molecule is Cl.Cl.NC[C@@H]1C[C@H](c2ncn[nH]2)C[C@H]1O. The van der Waals surface area contributed by atoms with Gasteiger partial charge in [0, 0.05) is 5.92 Å². The Balaban J connectivity index is 0.000000980. The standard InChI is InChI=1S/C8H14N4O.2ClH/c9-3-6-1-5(2-7(6)13)8-10-4-11-12-8;;/h4-7,13H,1-3,9H2,(H,10,11,12);2*1H/t5-,6-,7+;;/m0../s1. The van der Waals surface area contributed by atoms with Gasteiger partial charge in [0.25, 0.3) is 0 Å². The first-order valence-electron chi connectivity index (χ1n) is 4.54. The van der Waals surface area contributed by atoms with E-state index in [1.54, 1.807) is 0 Å². The summed E-state index contributed by atoms with van der Waals surface area (Å²) in [7, 11) is 0. The number of hydrogen-bond acceptors (Lipinski definition) is 4. The molecule has 7 heteroatoms. The summed E-state index contributed by atoms with van der Waals surface area (Å²) in [6.45, 7) is 0.547. The molecule has 0 radical (unpaired) electrons. The average Bonchev–Trinajstić information content (AvgIpc) is 2.71. The van der Waals surface area contributed by atoms with E-state index in [0.717, 1.165) is 18.7 Å². The van der Waals surface area contributed by atoms with E-state index in [2.05, 4.69) is 15.2 Å². The molecule has 1 heterocycles. The molecule has 0 aromatic carbocycles. The number of nitrogens with zero attached hydrogens (tertiary/aromatic N) is 2. The lowest BCUT2D eigenvalue weighted by atomic mass is 10.0. The Hall–Kier alpha value is -0.360. The molecular weight excluding hydrogens is 239 g/mol. The first-order chi connectivity index (χ1) is 6.31. The lowest BCUT2D eigenvalue weighted by molar-refractivity contribution is 0.136. The van der Waals surface area contributed by atoms with Crippen LogP contribution in [0.3, 0.4) is 0 Å². The Morgan fingerprint density at radius 1 is 1.47 bits per heavy atom. The Kier molecular flexibility index (Phi) is 6.12. The van der Waals surface area contributed by atoms with E-state index in [0.29, 0.717) is 12.5 Å². The second kappa shape index (κ2) is 6.27. The van der Waals surface area contributed by atoms with Crippen LogP contribution in [0.2, 0.25) is 0 Å². The number of nitrogens with two attached hydrogens (primary N) is 1. The number of aromatic amines is 1. The minimum atomic E-state index is -0.278. The molecule has 1 aromatic rings. The number of aliphatic hydroxyl groups excluding tert-OH is 1. The zero-order valence-electron chi connectivity index (χ0n) is 8.17. The lowest BCUT2D eigenvalue weighted by Gasteiger charge is -2.09. The van der Waals surface area contributed by atoms with E-state index in [4.69, 9.17) is 5.73 Å². The molecule has 0 bridgehead atoms. The van der Waals surface area contributed by atoms with Crippen LogP contribution in [0, 0.1) is 5.92 Å². The topological polar surface area (TPSA) is 87.8 Å². The van der Waals surface area contributed by atoms with Gasteiger partial charge in [0.2, 0.25) is 0 Å². The summed E-state index contributed by atoms with van der Waals surface area (Å²) >= 11 is 0. The molecule has 0 amide bonds. The Morgan fingerprint density at radius 3 is 2.67 bits per heavy atom. The van der Waals surface area contributed by atoms with Gasteiger partial charge in [-0.3, -0.25) is 5.10 Å². The van der Waals surface area contributed by atoms with Crippen LogP contribution < -0.4 is 5.73 Å². The summed E-state index contributed by atoms with van der Waals surface area (Å²) in [5.41, 5.74) is 5.53. The fraction of sp³-hybridized carbons (Fsp3) is 0.750. The monoisotopic (exact) mass is 254 g/mol. The predicted octanol–water partition coefficient (Wildman–Crippen LogP) is 0.461. The van der Waals surface area contributed by atoms with E-state index in [9.17, 15) is 5.11 Å². The van der Waals surface area contributed by atoms with E-state index < -0.39 is 0 Å². The van der Waals surface area contributed by atoms with Crippen molar-refractivity contribution in [3.63, 3.8) is 0 Å². The molecule has 0 aliphatic heterocycles. The summed E-state index contributed by atoms with van der Waals surface area (Å²) < 4.78 is 0. The van der Waals surface area contributed by atoms with Crippen LogP contribution in [0.5, 0.6) is 0 Å². The van der Waals surface area contributed by atoms with Crippen molar-refractivity contribution in [3.05, 3.63) is 12.2 Å². The van der Waals surface area contributed by atoms with Crippen LogP contribution in [0.1, 0.15) is 24.6 Å². The summed E-state index contributed by atoms with van der Waals surface area (Å²) in [6, 6.07) is 0. The van der Waals surface area contributed by atoms with Gasteiger partial charge in [0.15, 0.2) is 0 Å². The van der Waals surface area contributed by atoms with Crippen molar-refractivity contribution in [2.75, 3.05) is 6.54 Å². The summed E-state index contributed by atoms with van der Waals surface area (Å²) in [5, 5.41) is 16.2. The molecule has 2 rings (SSSR count). The molecule has 1 aliphatic rings. The molecule has 4 N–H and O–H groups in total. The highest BCUT2D eigenvalue weighted by atomic mass is 35.5. The number of rotatable bonds is 2. The molecule has 1 fully saturated rings. The number of hydrogen-bond donors (Lipinski definition) is 3. The molecule has 0 saturated heterocycles. The van der Waals surface area contributed by atoms with E-state index in [1.165, 1.54) is 6.33 Å². The quantitative estimate of drug-likeness (QED) is 0.716. The molecule has 0 spiro atoms. The number of halogens is 2. The number of H-pyrrole nitrogens is 1. The highest BCUT2D eigenvalue weighted by molar-refractivity contribution is 5.85. The van der Waals surface area contributed by atoms with Crippen molar-refractivity contribution in [2.45, 2.75) is 24.9 Å². The largest absolute Gasteiger partial charge is 0.393 e. The third-order valence-electron chi connectivity index (χ3n) is 2.78. The molecule has 15 heavy (non-hydrogen) atoms. The molecule has 0 unspecified atom stereocenters. The Morgan fingerprint density at radius 2 is 2.20 bits per heavy atom. The highest BCUT2D eigenvalue weighted by Gasteiger charge is 2.34. The maximum absolute atomic E-state index is 9.62. The zero-order valence-corrected chi connectivity index (χ0v) is 9.80. The first kappa shape index (κ1) is 14.6. The van der Waals surface area contributed by atoms with Gasteiger partial charge in [-0.25, -0.2) is 4.98 Å². The van der Waals surface area contributed by atoms with Gasteiger partial charge in [-0.15, -0.1) is 24.8 Å². The summed E-state index contributed by atoms with van der Waals surface area (Å²) in [5.74, 6) is 1.39. The minimum Gasteiger partial charge on any atom is -0.393 e. The second-order valence-corrected chi connectivity index (χ2v) is 3.60. The first-order valence-corrected chi connectivity index (χ1v) is 4.54. The van der Waals surface area contributed by atoms with Crippen LogP contribution in [-0.2, 0) is 0 Å². The van der Waals surface area contributed by atoms with Crippen LogP contribution >= 0.6 is 24.8 Å². The molecular formula is C8H16Cl2N4O. The number of nitrogens with one attached hydrogen (secondary N) is 1. The number of aromatic nitrogens is 3. The van der Waals surface area contributed by atoms with Gasteiger partial charge in [0.1, 0.15) is 12.2 Å². The van der Waals surface area contributed by atoms with Crippen molar-refractivity contribution in [2.24, 2.45) is 11.7 Å². The van der Waals surface area contributed by atoms with E-state index >= 15 is 0 Å². The maximum Gasteiger partial charge on any atom is 0.137 e. The molecule has 1 aliphatic carbocycles. The van der Waals surface area contributed by atoms with Crippen molar-refractivity contribution < 1.29 is 5.11 Å². The fourth-order valence-electron chi connectivity index (χ4n) is 1.99. The van der Waals surface area contributed by atoms with E-state index in [-0.39, 0.29) is 36.8 Å². The van der Waals surface area contributed by atoms with Crippen LogP contribution in [0.15, 0.2) is 6.33 Å². The van der Waals surface area contributed by atoms with Gasteiger partial charge in [0.05, 0.1) is 6.10 Å². The molecule has 1 saturated carbocycles. The number of aliphatic hydroxyl groups is 1. The predicted molar refractivity (Wildman–Crippen MR) is 61.4 cm³/mol. The molecule has 5 nitrogen and oxygen atoms in total. The van der Waals surface area contributed by atoms with Crippen LogP contribution in [0.4, 0.5) is 0 Å². The fourth-order valence-corrected chi connectivity index (χ4v) is 1.99. The third-order valence-corrected chi connectivity index (χ3v) is 2.78. The zero-order chi connectivity index (χ0) is 9.26. The van der Waals surface area contributed by atoms with Crippen molar-refractivity contribution in [1.29, 1.82) is 0 Å². The highest BCUT2D eigenvalue weighted by Crippen LogP contribution is 2.36. The molecule has 3 atom stereocenters. The van der Waals surface area contributed by atoms with Crippen molar-refractivity contribution in [1.82, 2.24) is 15.2 Å². The maximum atomic E-state index is 9.62. The van der Waals surface area contributed by atoms with Crippen LogP contribution in [-0.4, -0.2) is 32.9 Å². The van der Waals surface area contributed by atoms with Gasteiger partial charge in [-0.1, -0.05) is 0 Å². The van der Waals surface area contributed by atoms with Crippen molar-refractivity contribution in [3.8, 4) is 0 Å². The van der Waals surface area contributed by atoms with Crippen LogP contribution in [0.25, 0.3) is 0 Å². The normalized spacial score (nSPS) is 29.3. The minimum absolute atomic E-state index is 0. The van der Waals surface area contributed by atoms with E-state index in [1.807, 2.05) is 0 Å². The lowest BCUT2D eigenvalue weighted by Crippen LogP contribution is -2.21.